The molecule has 7 heteroatoms. The van der Waals surface area contributed by atoms with Crippen LogP contribution >= 0.6 is 11.6 Å². The van der Waals surface area contributed by atoms with Crippen molar-refractivity contribution in [2.24, 2.45) is 0 Å². The first-order valence-corrected chi connectivity index (χ1v) is 8.18. The van der Waals surface area contributed by atoms with E-state index in [4.69, 9.17) is 16.3 Å². The first-order valence-electron chi connectivity index (χ1n) is 7.81. The lowest BCUT2D eigenvalue weighted by atomic mass is 10.0. The summed E-state index contributed by atoms with van der Waals surface area (Å²) in [6.07, 6.45) is -0.206. The van der Waals surface area contributed by atoms with Crippen LogP contribution < -0.4 is 4.90 Å². The van der Waals surface area contributed by atoms with Gasteiger partial charge in [0.25, 0.3) is 0 Å². The van der Waals surface area contributed by atoms with Gasteiger partial charge >= 0.3 is 0 Å². The molecule has 1 aromatic heterocycles. The van der Waals surface area contributed by atoms with E-state index in [9.17, 15) is 10.2 Å². The summed E-state index contributed by atoms with van der Waals surface area (Å²) in [4.78, 5) is 2.06. The number of morpholine rings is 1. The van der Waals surface area contributed by atoms with Crippen LogP contribution in [0.1, 0.15) is 11.1 Å². The number of phenolic OH excluding ortho intramolecular Hbond substituents is 1. The molecule has 2 heterocycles. The number of aliphatic hydroxyl groups excluding tert-OH is 1. The fourth-order valence-electron chi connectivity index (χ4n) is 2.99. The molecule has 1 aliphatic rings. The van der Waals surface area contributed by atoms with E-state index in [0.717, 1.165) is 16.9 Å². The molecular formula is C17H20ClN3O3. The highest BCUT2D eigenvalue weighted by atomic mass is 35.5. The Morgan fingerprint density at radius 2 is 2.04 bits per heavy atom. The first-order chi connectivity index (χ1) is 11.5. The number of hydrogen-bond donors (Lipinski definition) is 2. The van der Waals surface area contributed by atoms with E-state index in [0.29, 0.717) is 36.0 Å². The second-order valence-electron chi connectivity index (χ2n) is 5.97. The van der Waals surface area contributed by atoms with Crippen LogP contribution in [0.2, 0.25) is 5.02 Å². The number of phenols is 1. The second kappa shape index (κ2) is 6.93. The van der Waals surface area contributed by atoms with Gasteiger partial charge < -0.3 is 19.8 Å². The smallest absolute Gasteiger partial charge is 0.154 e. The van der Waals surface area contributed by atoms with Crippen molar-refractivity contribution in [3.63, 3.8) is 0 Å². The van der Waals surface area contributed by atoms with Crippen LogP contribution in [0.3, 0.4) is 0 Å². The molecule has 6 nitrogen and oxygen atoms in total. The van der Waals surface area contributed by atoms with E-state index >= 15 is 0 Å². The Balaban J connectivity index is 1.93. The van der Waals surface area contributed by atoms with Gasteiger partial charge in [-0.05, 0) is 43.2 Å². The van der Waals surface area contributed by atoms with Gasteiger partial charge in [-0.3, -0.25) is 0 Å². The monoisotopic (exact) mass is 349 g/mol. The molecule has 1 aromatic carbocycles. The third kappa shape index (κ3) is 3.31. The van der Waals surface area contributed by atoms with Gasteiger partial charge in [0, 0.05) is 23.7 Å². The lowest BCUT2D eigenvalue weighted by Gasteiger charge is -2.33. The fourth-order valence-corrected chi connectivity index (χ4v) is 3.26. The number of aromatic hydroxyl groups is 1. The molecule has 0 spiro atoms. The average Bonchev–Trinajstić information content (AvgIpc) is 2.54. The Bertz CT molecular complexity index is 731. The van der Waals surface area contributed by atoms with Crippen molar-refractivity contribution in [1.82, 2.24) is 10.2 Å². The van der Waals surface area contributed by atoms with E-state index in [-0.39, 0.29) is 18.5 Å². The molecule has 3 rings (SSSR count). The van der Waals surface area contributed by atoms with Crippen molar-refractivity contribution >= 4 is 17.4 Å². The fraction of sp³-hybridized carbons (Fsp3) is 0.412. The van der Waals surface area contributed by atoms with E-state index in [1.54, 1.807) is 6.07 Å². The number of benzene rings is 1. The van der Waals surface area contributed by atoms with E-state index in [1.807, 2.05) is 19.9 Å². The molecule has 0 radical (unpaired) electrons. The molecule has 0 bridgehead atoms. The highest BCUT2D eigenvalue weighted by Gasteiger charge is 2.23. The molecule has 0 amide bonds. The number of aromatic nitrogens is 2. The highest BCUT2D eigenvalue weighted by Crippen LogP contribution is 2.35. The minimum atomic E-state index is -0.206. The molecule has 1 atom stereocenters. The maximum absolute atomic E-state index is 10.2. The van der Waals surface area contributed by atoms with Crippen LogP contribution in [0, 0.1) is 13.8 Å². The van der Waals surface area contributed by atoms with Crippen molar-refractivity contribution in [3.05, 3.63) is 34.3 Å². The van der Waals surface area contributed by atoms with Gasteiger partial charge in [-0.1, -0.05) is 11.6 Å². The van der Waals surface area contributed by atoms with Crippen LogP contribution in [0.5, 0.6) is 5.75 Å². The predicted molar refractivity (Wildman–Crippen MR) is 92.7 cm³/mol. The lowest BCUT2D eigenvalue weighted by Crippen LogP contribution is -2.44. The largest absolute Gasteiger partial charge is 0.507 e. The Morgan fingerprint density at radius 3 is 2.71 bits per heavy atom. The van der Waals surface area contributed by atoms with Crippen molar-refractivity contribution in [2.75, 3.05) is 31.2 Å². The molecule has 1 aliphatic heterocycles. The van der Waals surface area contributed by atoms with Crippen LogP contribution in [-0.2, 0) is 4.74 Å². The van der Waals surface area contributed by atoms with Gasteiger partial charge in [0.2, 0.25) is 0 Å². The van der Waals surface area contributed by atoms with Gasteiger partial charge in [0.05, 0.1) is 25.0 Å². The van der Waals surface area contributed by atoms with E-state index in [1.165, 1.54) is 6.07 Å². The molecule has 0 saturated carbocycles. The van der Waals surface area contributed by atoms with Crippen LogP contribution in [0.15, 0.2) is 18.2 Å². The minimum absolute atomic E-state index is 0.0150. The molecule has 0 aliphatic carbocycles. The van der Waals surface area contributed by atoms with Crippen molar-refractivity contribution in [3.8, 4) is 17.0 Å². The topological polar surface area (TPSA) is 78.7 Å². The number of ether oxygens (including phenoxy) is 1. The van der Waals surface area contributed by atoms with E-state index in [2.05, 4.69) is 15.1 Å². The number of rotatable bonds is 3. The highest BCUT2D eigenvalue weighted by molar-refractivity contribution is 6.31. The third-order valence-electron chi connectivity index (χ3n) is 4.14. The third-order valence-corrected chi connectivity index (χ3v) is 4.35. The number of aliphatic hydroxyl groups is 1. The van der Waals surface area contributed by atoms with Gasteiger partial charge in [-0.25, -0.2) is 0 Å². The minimum Gasteiger partial charge on any atom is -0.507 e. The summed E-state index contributed by atoms with van der Waals surface area (Å²) in [6, 6.07) is 5.19. The quantitative estimate of drug-likeness (QED) is 0.885. The summed E-state index contributed by atoms with van der Waals surface area (Å²) in [5.41, 5.74) is 3.03. The number of anilines is 1. The van der Waals surface area contributed by atoms with Crippen LogP contribution in [0.4, 0.5) is 5.82 Å². The molecule has 2 N–H and O–H groups in total. The number of halogens is 1. The normalized spacial score (nSPS) is 18.0. The predicted octanol–water partition coefficient (Wildman–Crippen LogP) is 2.32. The Hall–Kier alpha value is -1.89. The number of nitrogens with zero attached hydrogens (tertiary/aromatic N) is 3. The zero-order chi connectivity index (χ0) is 17.3. The van der Waals surface area contributed by atoms with Crippen molar-refractivity contribution in [2.45, 2.75) is 20.0 Å². The summed E-state index contributed by atoms with van der Waals surface area (Å²) in [5.74, 6) is 0.861. The summed E-state index contributed by atoms with van der Waals surface area (Å²) in [7, 11) is 0. The summed E-state index contributed by atoms with van der Waals surface area (Å²) in [6.45, 7) is 5.65. The zero-order valence-corrected chi connectivity index (χ0v) is 14.4. The molecule has 1 saturated heterocycles. The number of aryl methyl sites for hydroxylation is 2. The van der Waals surface area contributed by atoms with Crippen molar-refractivity contribution < 1.29 is 14.9 Å². The van der Waals surface area contributed by atoms with Gasteiger partial charge in [0.1, 0.15) is 5.75 Å². The maximum atomic E-state index is 10.2. The van der Waals surface area contributed by atoms with Crippen molar-refractivity contribution in [1.29, 1.82) is 0 Å². The average molecular weight is 350 g/mol. The molecule has 0 unspecified atom stereocenters. The lowest BCUT2D eigenvalue weighted by molar-refractivity contribution is 0.00329. The van der Waals surface area contributed by atoms with Crippen LogP contribution in [0.25, 0.3) is 11.3 Å². The first kappa shape index (κ1) is 17.0. The van der Waals surface area contributed by atoms with Gasteiger partial charge in [0.15, 0.2) is 5.82 Å². The Labute approximate surface area is 145 Å². The molecule has 2 aromatic rings. The summed E-state index contributed by atoms with van der Waals surface area (Å²) < 4.78 is 5.47. The van der Waals surface area contributed by atoms with Gasteiger partial charge in [-0.2, -0.15) is 0 Å². The standard InChI is InChI=1S/C17H20ClN3O3/c1-10-5-12(18)7-15(23)16(10)14-6-11(2)17(20-19-14)21-3-4-24-13(8-21)9-22/h5-7,13,22-23H,3-4,8-9H2,1-2H3/t13-/m0/s1. The molecular weight excluding hydrogens is 330 g/mol. The second-order valence-corrected chi connectivity index (χ2v) is 6.41. The summed E-state index contributed by atoms with van der Waals surface area (Å²) >= 11 is 5.96. The van der Waals surface area contributed by atoms with Gasteiger partial charge in [-0.15, -0.1) is 10.2 Å². The van der Waals surface area contributed by atoms with Crippen LogP contribution in [-0.4, -0.2) is 52.8 Å². The summed E-state index contributed by atoms with van der Waals surface area (Å²) in [5, 5.41) is 28.6. The zero-order valence-electron chi connectivity index (χ0n) is 13.7. The molecule has 128 valence electrons. The SMILES string of the molecule is Cc1cc(-c2c(C)cc(Cl)cc2O)nnc1N1CCO[C@H](CO)C1. The molecule has 24 heavy (non-hydrogen) atoms. The van der Waals surface area contributed by atoms with E-state index < -0.39 is 0 Å². The Kier molecular flexibility index (Phi) is 4.89. The number of hydrogen-bond acceptors (Lipinski definition) is 6. The molecule has 1 fully saturated rings. The maximum Gasteiger partial charge on any atom is 0.154 e. The Morgan fingerprint density at radius 1 is 1.25 bits per heavy atom.